The molecule has 2 N–H and O–H groups in total. The number of ether oxygens (including phenoxy) is 2. The molecule has 1 rings (SSSR count). The van der Waals surface area contributed by atoms with Crippen molar-refractivity contribution in [1.29, 1.82) is 0 Å². The van der Waals surface area contributed by atoms with Gasteiger partial charge in [-0.1, -0.05) is 83.4 Å². The Kier molecular flexibility index (Phi) is 17.1. The lowest BCUT2D eigenvalue weighted by atomic mass is 9.94. The highest BCUT2D eigenvalue weighted by molar-refractivity contribution is 5.92. The topological polar surface area (TPSA) is 114 Å². The second-order valence-electron chi connectivity index (χ2n) is 11.8. The van der Waals surface area contributed by atoms with Crippen LogP contribution in [0, 0.1) is 18.3 Å². The summed E-state index contributed by atoms with van der Waals surface area (Å²) in [4.78, 5) is 54.7. The third-order valence-electron chi connectivity index (χ3n) is 7.09. The normalized spacial score (nSPS) is 13.2. The summed E-state index contributed by atoms with van der Waals surface area (Å²) < 4.78 is 10.5. The lowest BCUT2D eigenvalue weighted by Crippen LogP contribution is -2.55. The van der Waals surface area contributed by atoms with Crippen molar-refractivity contribution in [2.24, 2.45) is 5.92 Å². The molecule has 0 fully saturated rings. The molecule has 43 heavy (non-hydrogen) atoms. The maximum absolute atomic E-state index is 14.4. The number of benzene rings is 1. The number of nitrogens with one attached hydrogen (secondary N) is 2. The lowest BCUT2D eigenvalue weighted by Gasteiger charge is -2.36. The standard InChI is InChI=1S/C34H53N3O6/c1-9-13-14-15-16-19-24-37(32(40)29(25(5)10-2)36-33(41)43-34(6,7)8)30(27-21-18-17-20-26(27)11-3)31(39)35-23-22-28(38)42-12-4/h3,17-18,20-21,25,29-30H,9-10,12-16,19,22-24H2,1-2,4-8H3,(H,35,39)(H,36,41). The zero-order valence-corrected chi connectivity index (χ0v) is 27.3. The Labute approximate surface area is 258 Å². The molecule has 1 aromatic rings. The zero-order valence-electron chi connectivity index (χ0n) is 27.3. The molecule has 9 heteroatoms. The summed E-state index contributed by atoms with van der Waals surface area (Å²) in [5.41, 5.74) is 0.227. The third kappa shape index (κ3) is 13.5. The van der Waals surface area contributed by atoms with E-state index in [4.69, 9.17) is 15.9 Å². The van der Waals surface area contributed by atoms with Gasteiger partial charge in [-0.3, -0.25) is 14.4 Å². The molecule has 0 radical (unpaired) electrons. The second kappa shape index (κ2) is 19.6. The predicted molar refractivity (Wildman–Crippen MR) is 169 cm³/mol. The van der Waals surface area contributed by atoms with E-state index < -0.39 is 41.6 Å². The van der Waals surface area contributed by atoms with Crippen molar-refractivity contribution in [2.45, 2.75) is 118 Å². The first-order chi connectivity index (χ1) is 20.4. The minimum absolute atomic E-state index is 0.00977. The highest BCUT2D eigenvalue weighted by Gasteiger charge is 2.38. The van der Waals surface area contributed by atoms with Gasteiger partial charge in [-0.15, -0.1) is 6.42 Å². The molecule has 0 aliphatic heterocycles. The molecule has 3 amide bonds. The number of carbonyl (C=O) groups is 4. The van der Waals surface area contributed by atoms with E-state index in [1.807, 2.05) is 13.8 Å². The van der Waals surface area contributed by atoms with Crippen LogP contribution in [0.5, 0.6) is 0 Å². The molecular weight excluding hydrogens is 546 g/mol. The van der Waals surface area contributed by atoms with Crippen LogP contribution in [-0.4, -0.2) is 60.1 Å². The van der Waals surface area contributed by atoms with Crippen molar-refractivity contribution in [3.05, 3.63) is 35.4 Å². The molecule has 9 nitrogen and oxygen atoms in total. The summed E-state index contributed by atoms with van der Waals surface area (Å²) in [6.07, 6.45) is 11.6. The number of unbranched alkanes of at least 4 members (excludes halogenated alkanes) is 5. The summed E-state index contributed by atoms with van der Waals surface area (Å²) in [5.74, 6) is 1.11. The van der Waals surface area contributed by atoms with E-state index in [1.165, 1.54) is 4.90 Å². The average molecular weight is 600 g/mol. The van der Waals surface area contributed by atoms with E-state index in [9.17, 15) is 19.2 Å². The molecule has 0 heterocycles. The molecule has 0 saturated carbocycles. The van der Waals surface area contributed by atoms with E-state index in [2.05, 4.69) is 23.5 Å². The van der Waals surface area contributed by atoms with E-state index in [-0.39, 0.29) is 32.0 Å². The lowest BCUT2D eigenvalue weighted by molar-refractivity contribution is -0.145. The Balaban J connectivity index is 3.53. The van der Waals surface area contributed by atoms with Crippen LogP contribution in [0.2, 0.25) is 0 Å². The van der Waals surface area contributed by atoms with Gasteiger partial charge in [0.15, 0.2) is 0 Å². The van der Waals surface area contributed by atoms with E-state index >= 15 is 0 Å². The van der Waals surface area contributed by atoms with Gasteiger partial charge in [-0.25, -0.2) is 4.79 Å². The minimum Gasteiger partial charge on any atom is -0.466 e. The van der Waals surface area contributed by atoms with Gasteiger partial charge in [0.1, 0.15) is 17.7 Å². The fourth-order valence-electron chi connectivity index (χ4n) is 4.66. The van der Waals surface area contributed by atoms with Gasteiger partial charge in [0.25, 0.3) is 0 Å². The Morgan fingerprint density at radius 1 is 1.00 bits per heavy atom. The van der Waals surface area contributed by atoms with Crippen molar-refractivity contribution in [3.63, 3.8) is 0 Å². The largest absolute Gasteiger partial charge is 0.466 e. The molecule has 3 atom stereocenters. The number of terminal acetylenes is 1. The molecule has 0 saturated heterocycles. The Morgan fingerprint density at radius 3 is 2.26 bits per heavy atom. The van der Waals surface area contributed by atoms with E-state index in [0.29, 0.717) is 24.0 Å². The van der Waals surface area contributed by atoms with Crippen LogP contribution in [0.1, 0.15) is 117 Å². The van der Waals surface area contributed by atoms with Gasteiger partial charge in [-0.05, 0) is 51.7 Å². The second-order valence-corrected chi connectivity index (χ2v) is 11.8. The number of alkyl carbamates (subject to hydrolysis) is 1. The maximum atomic E-state index is 14.4. The van der Waals surface area contributed by atoms with Crippen LogP contribution in [0.4, 0.5) is 4.79 Å². The molecule has 0 spiro atoms. The van der Waals surface area contributed by atoms with Crippen molar-refractivity contribution < 1.29 is 28.7 Å². The van der Waals surface area contributed by atoms with E-state index in [0.717, 1.165) is 32.1 Å². The highest BCUT2D eigenvalue weighted by atomic mass is 16.6. The molecule has 0 aromatic heterocycles. The predicted octanol–water partition coefficient (Wildman–Crippen LogP) is 5.91. The Hall–Kier alpha value is -3.54. The SMILES string of the molecule is C#Cc1ccccc1C(C(=O)NCCC(=O)OCC)N(CCCCCCCC)C(=O)C(NC(=O)OC(C)(C)C)C(C)CC. The first kappa shape index (κ1) is 37.5. The molecular formula is C34H53N3O6. The first-order valence-corrected chi connectivity index (χ1v) is 15.7. The molecule has 0 bridgehead atoms. The minimum atomic E-state index is -1.08. The zero-order chi connectivity index (χ0) is 32.4. The van der Waals surface area contributed by atoms with Crippen LogP contribution >= 0.6 is 0 Å². The number of carbonyl (C=O) groups excluding carboxylic acids is 4. The fourth-order valence-corrected chi connectivity index (χ4v) is 4.66. The smallest absolute Gasteiger partial charge is 0.408 e. The molecule has 3 unspecified atom stereocenters. The van der Waals surface area contributed by atoms with Crippen LogP contribution in [0.3, 0.4) is 0 Å². The van der Waals surface area contributed by atoms with Crippen molar-refractivity contribution >= 4 is 23.9 Å². The maximum Gasteiger partial charge on any atom is 0.408 e. The van der Waals surface area contributed by atoms with Crippen LogP contribution in [0.25, 0.3) is 0 Å². The molecule has 1 aromatic carbocycles. The van der Waals surface area contributed by atoms with Crippen molar-refractivity contribution in [3.8, 4) is 12.3 Å². The summed E-state index contributed by atoms with van der Waals surface area (Å²) in [6, 6.07) is 5.00. The average Bonchev–Trinajstić information content (AvgIpc) is 2.95. The summed E-state index contributed by atoms with van der Waals surface area (Å²) in [7, 11) is 0. The van der Waals surface area contributed by atoms with Gasteiger partial charge >= 0.3 is 12.1 Å². The van der Waals surface area contributed by atoms with Gasteiger partial charge in [0, 0.05) is 18.7 Å². The Morgan fingerprint density at radius 2 is 1.65 bits per heavy atom. The van der Waals surface area contributed by atoms with Crippen molar-refractivity contribution in [2.75, 3.05) is 19.7 Å². The van der Waals surface area contributed by atoms with Gasteiger partial charge in [-0.2, -0.15) is 0 Å². The number of amides is 3. The van der Waals surface area contributed by atoms with Crippen LogP contribution < -0.4 is 10.6 Å². The number of rotatable bonds is 18. The van der Waals surface area contributed by atoms with Crippen LogP contribution in [0.15, 0.2) is 24.3 Å². The monoisotopic (exact) mass is 599 g/mol. The highest BCUT2D eigenvalue weighted by Crippen LogP contribution is 2.28. The summed E-state index contributed by atoms with van der Waals surface area (Å²) in [5, 5.41) is 5.60. The molecule has 240 valence electrons. The number of hydrogen-bond donors (Lipinski definition) is 2. The number of hydrogen-bond acceptors (Lipinski definition) is 6. The quantitative estimate of drug-likeness (QED) is 0.123. The van der Waals surface area contributed by atoms with Gasteiger partial charge in [0.2, 0.25) is 11.8 Å². The van der Waals surface area contributed by atoms with Crippen LogP contribution in [-0.2, 0) is 23.9 Å². The molecule has 0 aliphatic rings. The van der Waals surface area contributed by atoms with Gasteiger partial charge in [0.05, 0.1) is 13.0 Å². The van der Waals surface area contributed by atoms with E-state index in [1.54, 1.807) is 52.0 Å². The Bertz CT molecular complexity index is 1070. The third-order valence-corrected chi connectivity index (χ3v) is 7.09. The first-order valence-electron chi connectivity index (χ1n) is 15.7. The summed E-state index contributed by atoms with van der Waals surface area (Å²) in [6.45, 7) is 13.5. The van der Waals surface area contributed by atoms with Gasteiger partial charge < -0.3 is 25.0 Å². The number of nitrogens with zero attached hydrogens (tertiary/aromatic N) is 1. The fraction of sp³-hybridized carbons (Fsp3) is 0.647. The molecule has 0 aliphatic carbocycles. The summed E-state index contributed by atoms with van der Waals surface area (Å²) >= 11 is 0. The number of esters is 1. The van der Waals surface area contributed by atoms with Crippen molar-refractivity contribution in [1.82, 2.24) is 15.5 Å².